The number of hydrogen-bond acceptors (Lipinski definition) is 3. The lowest BCUT2D eigenvalue weighted by atomic mass is 10.2. The first kappa shape index (κ1) is 14.9. The number of aromatic nitrogens is 2. The van der Waals surface area contributed by atoms with Crippen molar-refractivity contribution in [1.29, 1.82) is 0 Å². The number of rotatable bonds is 2. The Kier molecular flexibility index (Phi) is 4.06. The predicted octanol–water partition coefficient (Wildman–Crippen LogP) is 2.94. The van der Waals surface area contributed by atoms with Crippen LogP contribution in [-0.4, -0.2) is 39.5 Å². The molecule has 1 amide bonds. The fourth-order valence-electron chi connectivity index (χ4n) is 2.53. The smallest absolute Gasteiger partial charge is 0.410 e. The second kappa shape index (κ2) is 5.46. The molecule has 0 bridgehead atoms. The Hall–Kier alpha value is -1.52. The van der Waals surface area contributed by atoms with Crippen LogP contribution >= 0.6 is 0 Å². The van der Waals surface area contributed by atoms with Crippen molar-refractivity contribution in [2.75, 3.05) is 13.1 Å². The molecule has 20 heavy (non-hydrogen) atoms. The molecular weight excluding hydrogens is 254 g/mol. The van der Waals surface area contributed by atoms with E-state index < -0.39 is 5.60 Å². The van der Waals surface area contributed by atoms with Gasteiger partial charge in [-0.3, -0.25) is 4.68 Å². The Morgan fingerprint density at radius 3 is 2.75 bits per heavy atom. The highest BCUT2D eigenvalue weighted by molar-refractivity contribution is 5.68. The van der Waals surface area contributed by atoms with Crippen molar-refractivity contribution in [3.63, 3.8) is 0 Å². The van der Waals surface area contributed by atoms with Gasteiger partial charge in [-0.2, -0.15) is 5.10 Å². The van der Waals surface area contributed by atoms with Gasteiger partial charge in [-0.1, -0.05) is 6.92 Å². The third-order valence-corrected chi connectivity index (χ3v) is 3.50. The molecule has 1 aliphatic heterocycles. The van der Waals surface area contributed by atoms with E-state index in [2.05, 4.69) is 29.7 Å². The Labute approximate surface area is 120 Å². The van der Waals surface area contributed by atoms with E-state index in [1.165, 1.54) is 0 Å². The summed E-state index contributed by atoms with van der Waals surface area (Å²) in [6, 6.07) is 2.39. The summed E-state index contributed by atoms with van der Waals surface area (Å²) in [6.45, 7) is 11.3. The largest absolute Gasteiger partial charge is 0.444 e. The van der Waals surface area contributed by atoms with Crippen LogP contribution in [0, 0.1) is 6.92 Å². The molecule has 0 aliphatic carbocycles. The van der Waals surface area contributed by atoms with E-state index in [0.29, 0.717) is 6.54 Å². The van der Waals surface area contributed by atoms with Gasteiger partial charge in [-0.05, 0) is 46.6 Å². The van der Waals surface area contributed by atoms with Crippen LogP contribution in [0.1, 0.15) is 51.5 Å². The zero-order valence-electron chi connectivity index (χ0n) is 13.1. The van der Waals surface area contributed by atoms with Gasteiger partial charge in [0.1, 0.15) is 5.60 Å². The van der Waals surface area contributed by atoms with Crippen molar-refractivity contribution in [1.82, 2.24) is 14.7 Å². The van der Waals surface area contributed by atoms with Gasteiger partial charge < -0.3 is 9.64 Å². The van der Waals surface area contributed by atoms with E-state index in [1.54, 1.807) is 4.90 Å². The number of aryl methyl sites for hydroxylation is 2. The van der Waals surface area contributed by atoms with Crippen molar-refractivity contribution < 1.29 is 9.53 Å². The number of amides is 1. The minimum absolute atomic E-state index is 0.222. The van der Waals surface area contributed by atoms with E-state index >= 15 is 0 Å². The molecule has 1 fully saturated rings. The first-order valence-electron chi connectivity index (χ1n) is 7.33. The van der Waals surface area contributed by atoms with E-state index in [4.69, 9.17) is 4.74 Å². The van der Waals surface area contributed by atoms with Crippen molar-refractivity contribution in [2.45, 2.75) is 59.1 Å². The minimum Gasteiger partial charge on any atom is -0.444 e. The summed E-state index contributed by atoms with van der Waals surface area (Å²) in [4.78, 5) is 13.8. The number of ether oxygens (including phenoxy) is 1. The Bertz CT molecular complexity index is 488. The van der Waals surface area contributed by atoms with Gasteiger partial charge in [-0.15, -0.1) is 0 Å². The topological polar surface area (TPSA) is 47.4 Å². The van der Waals surface area contributed by atoms with Crippen molar-refractivity contribution in [3.8, 4) is 0 Å². The highest BCUT2D eigenvalue weighted by atomic mass is 16.6. The summed E-state index contributed by atoms with van der Waals surface area (Å²) in [5, 5.41) is 4.62. The Balaban J connectivity index is 2.01. The SMILES string of the molecule is CCc1cc(C)n(C2CCN(C(=O)OC(C)(C)C)C2)n1. The highest BCUT2D eigenvalue weighted by Gasteiger charge is 2.31. The molecule has 0 N–H and O–H groups in total. The number of carbonyl (C=O) groups excluding carboxylic acids is 1. The zero-order chi connectivity index (χ0) is 14.9. The third kappa shape index (κ3) is 3.32. The average molecular weight is 279 g/mol. The first-order valence-corrected chi connectivity index (χ1v) is 7.33. The van der Waals surface area contributed by atoms with E-state index in [9.17, 15) is 4.79 Å². The average Bonchev–Trinajstić information content (AvgIpc) is 2.92. The number of likely N-dealkylation sites (tertiary alicyclic amines) is 1. The predicted molar refractivity (Wildman–Crippen MR) is 77.8 cm³/mol. The standard InChI is InChI=1S/C15H25N3O2/c1-6-12-9-11(2)18(16-12)13-7-8-17(10-13)14(19)20-15(3,4)5/h9,13H,6-8,10H2,1-5H3. The molecule has 5 heteroatoms. The Morgan fingerprint density at radius 1 is 1.50 bits per heavy atom. The molecule has 1 saturated heterocycles. The van der Waals surface area contributed by atoms with Gasteiger partial charge in [0.05, 0.1) is 11.7 Å². The summed E-state index contributed by atoms with van der Waals surface area (Å²) in [5.41, 5.74) is 1.84. The van der Waals surface area contributed by atoms with Gasteiger partial charge in [-0.25, -0.2) is 4.79 Å². The molecule has 1 unspecified atom stereocenters. The number of nitrogens with zero attached hydrogens (tertiary/aromatic N) is 3. The molecule has 2 rings (SSSR count). The summed E-state index contributed by atoms with van der Waals surface area (Å²) in [6.07, 6.45) is 1.65. The van der Waals surface area contributed by atoms with E-state index in [-0.39, 0.29) is 12.1 Å². The van der Waals surface area contributed by atoms with Crippen LogP contribution in [0.25, 0.3) is 0 Å². The van der Waals surface area contributed by atoms with Crippen LogP contribution in [-0.2, 0) is 11.2 Å². The van der Waals surface area contributed by atoms with E-state index in [1.807, 2.05) is 20.8 Å². The summed E-state index contributed by atoms with van der Waals surface area (Å²) >= 11 is 0. The second-order valence-electron chi connectivity index (χ2n) is 6.44. The van der Waals surface area contributed by atoms with Gasteiger partial charge >= 0.3 is 6.09 Å². The van der Waals surface area contributed by atoms with Crippen molar-refractivity contribution in [3.05, 3.63) is 17.5 Å². The minimum atomic E-state index is -0.438. The molecule has 112 valence electrons. The van der Waals surface area contributed by atoms with Crippen LogP contribution in [0.3, 0.4) is 0 Å². The fraction of sp³-hybridized carbons (Fsp3) is 0.733. The molecule has 0 radical (unpaired) electrons. The first-order chi connectivity index (χ1) is 9.30. The molecule has 0 aromatic carbocycles. The molecule has 5 nitrogen and oxygen atoms in total. The summed E-state index contributed by atoms with van der Waals surface area (Å²) in [5.74, 6) is 0. The normalized spacial score (nSPS) is 19.4. The quantitative estimate of drug-likeness (QED) is 0.836. The molecule has 1 aromatic heterocycles. The lowest BCUT2D eigenvalue weighted by Gasteiger charge is -2.24. The van der Waals surface area contributed by atoms with Crippen LogP contribution in [0.5, 0.6) is 0 Å². The van der Waals surface area contributed by atoms with Crippen molar-refractivity contribution >= 4 is 6.09 Å². The molecular formula is C15H25N3O2. The second-order valence-corrected chi connectivity index (χ2v) is 6.44. The van der Waals surface area contributed by atoms with Crippen molar-refractivity contribution in [2.24, 2.45) is 0 Å². The maximum atomic E-state index is 12.1. The molecule has 1 aliphatic rings. The molecule has 1 aromatic rings. The number of carbonyl (C=O) groups is 1. The number of hydrogen-bond donors (Lipinski definition) is 0. The van der Waals surface area contributed by atoms with Gasteiger partial charge in [0.25, 0.3) is 0 Å². The van der Waals surface area contributed by atoms with Crippen LogP contribution in [0.4, 0.5) is 4.79 Å². The van der Waals surface area contributed by atoms with Gasteiger partial charge in [0, 0.05) is 18.8 Å². The zero-order valence-corrected chi connectivity index (χ0v) is 13.1. The highest BCUT2D eigenvalue weighted by Crippen LogP contribution is 2.24. The van der Waals surface area contributed by atoms with Crippen LogP contribution in [0.2, 0.25) is 0 Å². The van der Waals surface area contributed by atoms with Crippen LogP contribution < -0.4 is 0 Å². The molecule has 1 atom stereocenters. The summed E-state index contributed by atoms with van der Waals surface area (Å²) in [7, 11) is 0. The van der Waals surface area contributed by atoms with Crippen LogP contribution in [0.15, 0.2) is 6.07 Å². The van der Waals surface area contributed by atoms with Gasteiger partial charge in [0.2, 0.25) is 0 Å². The molecule has 0 spiro atoms. The Morgan fingerprint density at radius 2 is 2.20 bits per heavy atom. The lowest BCUT2D eigenvalue weighted by Crippen LogP contribution is -2.35. The third-order valence-electron chi connectivity index (χ3n) is 3.50. The fourth-order valence-corrected chi connectivity index (χ4v) is 2.53. The monoisotopic (exact) mass is 279 g/mol. The molecule has 2 heterocycles. The summed E-state index contributed by atoms with van der Waals surface area (Å²) < 4.78 is 7.48. The maximum Gasteiger partial charge on any atom is 0.410 e. The maximum absolute atomic E-state index is 12.1. The molecule has 0 saturated carbocycles. The lowest BCUT2D eigenvalue weighted by molar-refractivity contribution is 0.0288. The van der Waals surface area contributed by atoms with Gasteiger partial charge in [0.15, 0.2) is 0 Å². The van der Waals surface area contributed by atoms with E-state index in [0.717, 1.165) is 30.8 Å².